The van der Waals surface area contributed by atoms with E-state index >= 15 is 0 Å². The van der Waals surface area contributed by atoms with Gasteiger partial charge in [-0.25, -0.2) is 18.2 Å². The average Bonchev–Trinajstić information content (AvgIpc) is 2.92. The number of nitrogens with one attached hydrogen (secondary N) is 1. The maximum Gasteiger partial charge on any atom is 0.259 e. The quantitative estimate of drug-likeness (QED) is 0.655. The van der Waals surface area contributed by atoms with Crippen molar-refractivity contribution in [3.63, 3.8) is 0 Å². The fraction of sp³-hybridized carbons (Fsp3) is 0.0625. The van der Waals surface area contributed by atoms with Crippen LogP contribution in [0.1, 0.15) is 16.1 Å². The minimum absolute atomic E-state index is 0.105. The van der Waals surface area contributed by atoms with Crippen LogP contribution in [0.2, 0.25) is 10.0 Å². The molecule has 0 radical (unpaired) electrons. The molecule has 0 saturated heterocycles. The molecule has 26 heavy (non-hydrogen) atoms. The van der Waals surface area contributed by atoms with Crippen molar-refractivity contribution in [2.75, 3.05) is 5.32 Å². The van der Waals surface area contributed by atoms with Gasteiger partial charge < -0.3 is 5.32 Å². The lowest BCUT2D eigenvalue weighted by Crippen LogP contribution is -2.18. The molecule has 5 nitrogen and oxygen atoms in total. The topological polar surface area (TPSA) is 59.8 Å². The molecule has 0 aliphatic carbocycles. The molecule has 0 fully saturated rings. The molecular formula is C16H9Cl2F3N4O. The van der Waals surface area contributed by atoms with E-state index in [-0.39, 0.29) is 16.7 Å². The van der Waals surface area contributed by atoms with Crippen LogP contribution in [0.4, 0.5) is 19.0 Å². The number of halogens is 5. The predicted octanol–water partition coefficient (Wildman–Crippen LogP) is 4.55. The lowest BCUT2D eigenvalue weighted by atomic mass is 10.2. The number of amides is 1. The number of rotatable bonds is 3. The molecule has 0 atom stereocenters. The zero-order valence-electron chi connectivity index (χ0n) is 13.0. The minimum atomic E-state index is -1.73. The lowest BCUT2D eigenvalue weighted by Gasteiger charge is -2.10. The van der Waals surface area contributed by atoms with E-state index in [0.717, 1.165) is 6.07 Å². The number of aromatic nitrogens is 3. The summed E-state index contributed by atoms with van der Waals surface area (Å²) in [6.07, 6.45) is 1.33. The van der Waals surface area contributed by atoms with Gasteiger partial charge in [0.05, 0.1) is 21.3 Å². The Bertz CT molecular complexity index is 1020. The van der Waals surface area contributed by atoms with Crippen molar-refractivity contribution in [3.8, 4) is 5.82 Å². The molecule has 10 heteroatoms. The average molecular weight is 401 g/mol. The Balaban J connectivity index is 1.99. The molecule has 2 aromatic heterocycles. The molecule has 134 valence electrons. The molecule has 0 aliphatic rings. The monoisotopic (exact) mass is 400 g/mol. The van der Waals surface area contributed by atoms with Gasteiger partial charge in [0.25, 0.3) is 5.91 Å². The Morgan fingerprint density at radius 2 is 1.88 bits per heavy atom. The van der Waals surface area contributed by atoms with Crippen LogP contribution in [-0.4, -0.2) is 20.7 Å². The largest absolute Gasteiger partial charge is 0.306 e. The van der Waals surface area contributed by atoms with Gasteiger partial charge in [0.15, 0.2) is 23.3 Å². The highest BCUT2D eigenvalue weighted by Crippen LogP contribution is 2.25. The maximum atomic E-state index is 13.8. The zero-order valence-corrected chi connectivity index (χ0v) is 14.5. The minimum Gasteiger partial charge on any atom is -0.306 e. The summed E-state index contributed by atoms with van der Waals surface area (Å²) in [5.74, 6) is -5.43. The van der Waals surface area contributed by atoms with Crippen LogP contribution in [0.5, 0.6) is 0 Å². The summed E-state index contributed by atoms with van der Waals surface area (Å²) in [6.45, 7) is 1.65. The molecule has 3 aromatic rings. The van der Waals surface area contributed by atoms with Crippen molar-refractivity contribution in [2.24, 2.45) is 0 Å². The smallest absolute Gasteiger partial charge is 0.259 e. The van der Waals surface area contributed by atoms with Crippen molar-refractivity contribution >= 4 is 34.9 Å². The fourth-order valence-corrected chi connectivity index (χ4v) is 2.66. The number of aryl methyl sites for hydroxylation is 1. The molecule has 1 amide bonds. The second-order valence-corrected chi connectivity index (χ2v) is 6.06. The molecule has 0 aliphatic heterocycles. The standard InChI is InChI=1S/C16H9Cl2F3N4O/c1-7-4-12(25(24-7)15-10(18)5-8(17)6-22-15)23-16(26)9-2-3-11(19)14(21)13(9)20/h2-6H,1H3,(H,23,26). The molecule has 2 heterocycles. The van der Waals surface area contributed by atoms with Crippen LogP contribution in [0.3, 0.4) is 0 Å². The van der Waals surface area contributed by atoms with Gasteiger partial charge in [-0.05, 0) is 25.1 Å². The van der Waals surface area contributed by atoms with Crippen LogP contribution in [0, 0.1) is 24.4 Å². The molecule has 0 saturated carbocycles. The van der Waals surface area contributed by atoms with Gasteiger partial charge in [0, 0.05) is 12.3 Å². The first-order valence-electron chi connectivity index (χ1n) is 7.11. The van der Waals surface area contributed by atoms with E-state index in [9.17, 15) is 18.0 Å². The number of hydrogen-bond donors (Lipinski definition) is 1. The highest BCUT2D eigenvalue weighted by atomic mass is 35.5. The first kappa shape index (κ1) is 18.2. The van der Waals surface area contributed by atoms with Crippen molar-refractivity contribution in [3.05, 3.63) is 69.2 Å². The highest BCUT2D eigenvalue weighted by Gasteiger charge is 2.21. The van der Waals surface area contributed by atoms with Gasteiger partial charge in [0.1, 0.15) is 5.82 Å². The Morgan fingerprint density at radius 3 is 2.58 bits per heavy atom. The first-order chi connectivity index (χ1) is 12.3. The van der Waals surface area contributed by atoms with Crippen LogP contribution < -0.4 is 5.32 Å². The second kappa shape index (κ2) is 6.97. The van der Waals surface area contributed by atoms with E-state index in [1.54, 1.807) is 6.92 Å². The van der Waals surface area contributed by atoms with Crippen LogP contribution in [0.15, 0.2) is 30.5 Å². The van der Waals surface area contributed by atoms with Gasteiger partial charge in [0.2, 0.25) is 0 Å². The molecule has 0 unspecified atom stereocenters. The number of nitrogens with zero attached hydrogens (tertiary/aromatic N) is 3. The SMILES string of the molecule is Cc1cc(NC(=O)c2ccc(F)c(F)c2F)n(-c2ncc(Cl)cc2Cl)n1. The predicted molar refractivity (Wildman–Crippen MR) is 90.4 cm³/mol. The third-order valence-electron chi connectivity index (χ3n) is 3.34. The molecule has 0 spiro atoms. The Hall–Kier alpha value is -2.58. The molecule has 3 rings (SSSR count). The number of benzene rings is 1. The van der Waals surface area contributed by atoms with Gasteiger partial charge in [-0.3, -0.25) is 4.79 Å². The van der Waals surface area contributed by atoms with E-state index < -0.39 is 28.9 Å². The molecule has 1 aromatic carbocycles. The molecular weight excluding hydrogens is 392 g/mol. The van der Waals surface area contributed by atoms with Crippen LogP contribution in [0.25, 0.3) is 5.82 Å². The summed E-state index contributed by atoms with van der Waals surface area (Å²) in [5, 5.41) is 7.00. The summed E-state index contributed by atoms with van der Waals surface area (Å²) in [7, 11) is 0. The van der Waals surface area contributed by atoms with Gasteiger partial charge in [-0.1, -0.05) is 23.2 Å². The number of hydrogen-bond acceptors (Lipinski definition) is 3. The lowest BCUT2D eigenvalue weighted by molar-refractivity contribution is 0.102. The van der Waals surface area contributed by atoms with Crippen LogP contribution in [-0.2, 0) is 0 Å². The van der Waals surface area contributed by atoms with E-state index in [4.69, 9.17) is 23.2 Å². The van der Waals surface area contributed by atoms with E-state index in [1.807, 2.05) is 0 Å². The third-order valence-corrected chi connectivity index (χ3v) is 3.83. The number of carbonyl (C=O) groups excluding carboxylic acids is 1. The zero-order chi connectivity index (χ0) is 19.0. The molecule has 1 N–H and O–H groups in total. The van der Waals surface area contributed by atoms with E-state index in [1.165, 1.54) is 23.0 Å². The maximum absolute atomic E-state index is 13.8. The fourth-order valence-electron chi connectivity index (χ4n) is 2.20. The van der Waals surface area contributed by atoms with Crippen molar-refractivity contribution in [1.82, 2.24) is 14.8 Å². The highest BCUT2D eigenvalue weighted by molar-refractivity contribution is 6.35. The van der Waals surface area contributed by atoms with Crippen LogP contribution >= 0.6 is 23.2 Å². The summed E-state index contributed by atoms with van der Waals surface area (Å²) >= 11 is 11.9. The number of carbonyl (C=O) groups is 1. The van der Waals surface area contributed by atoms with Gasteiger partial charge >= 0.3 is 0 Å². The summed E-state index contributed by atoms with van der Waals surface area (Å²) in [5.41, 5.74) is -0.164. The Morgan fingerprint density at radius 1 is 1.15 bits per heavy atom. The Labute approximate surface area is 155 Å². The third kappa shape index (κ3) is 3.38. The Kier molecular flexibility index (Phi) is 4.88. The normalized spacial score (nSPS) is 10.8. The number of pyridine rings is 1. The van der Waals surface area contributed by atoms with Crippen molar-refractivity contribution < 1.29 is 18.0 Å². The summed E-state index contributed by atoms with van der Waals surface area (Å²) in [4.78, 5) is 16.3. The van der Waals surface area contributed by atoms with Crippen molar-refractivity contribution in [1.29, 1.82) is 0 Å². The van der Waals surface area contributed by atoms with Crippen molar-refractivity contribution in [2.45, 2.75) is 6.92 Å². The summed E-state index contributed by atoms with van der Waals surface area (Å²) in [6, 6.07) is 4.41. The van der Waals surface area contributed by atoms with E-state index in [2.05, 4.69) is 15.4 Å². The number of anilines is 1. The van der Waals surface area contributed by atoms with E-state index in [0.29, 0.717) is 16.8 Å². The van der Waals surface area contributed by atoms with Gasteiger partial charge in [-0.2, -0.15) is 9.78 Å². The van der Waals surface area contributed by atoms with Gasteiger partial charge in [-0.15, -0.1) is 0 Å². The molecule has 0 bridgehead atoms. The summed E-state index contributed by atoms with van der Waals surface area (Å²) < 4.78 is 41.4. The second-order valence-electron chi connectivity index (χ2n) is 5.22. The first-order valence-corrected chi connectivity index (χ1v) is 7.86.